The van der Waals surface area contributed by atoms with E-state index >= 15 is 8.78 Å². The first-order valence-electron chi connectivity index (χ1n) is 8.24. The number of anilines is 2. The third-order valence-electron chi connectivity index (χ3n) is 4.14. The van der Waals surface area contributed by atoms with E-state index in [0.29, 0.717) is 17.0 Å². The third-order valence-corrected chi connectivity index (χ3v) is 4.14. The number of halogens is 3. The average Bonchev–Trinajstić information content (AvgIpc) is 3.20. The van der Waals surface area contributed by atoms with Crippen LogP contribution in [0.5, 0.6) is 5.75 Å². The van der Waals surface area contributed by atoms with Crippen LogP contribution in [-0.4, -0.2) is 27.3 Å². The molecule has 4 rings (SSSR count). The molecule has 142 valence electrons. The summed E-state index contributed by atoms with van der Waals surface area (Å²) in [5.74, 6) is -3.83. The predicted molar refractivity (Wildman–Crippen MR) is 97.4 cm³/mol. The number of nitrogens with one attached hydrogen (secondary N) is 2. The number of ether oxygens (including phenoxy) is 1. The van der Waals surface area contributed by atoms with Crippen molar-refractivity contribution in [2.24, 2.45) is 0 Å². The minimum absolute atomic E-state index is 0.163. The number of hydrogen-bond donors (Lipinski definition) is 2. The van der Waals surface area contributed by atoms with Crippen LogP contribution >= 0.6 is 0 Å². The minimum atomic E-state index is -3.53. The van der Waals surface area contributed by atoms with Crippen molar-refractivity contribution in [3.8, 4) is 5.75 Å². The van der Waals surface area contributed by atoms with Gasteiger partial charge in [0.25, 0.3) is 0 Å². The highest BCUT2D eigenvalue weighted by molar-refractivity contribution is 5.91. The first-order chi connectivity index (χ1) is 13.5. The van der Waals surface area contributed by atoms with Gasteiger partial charge in [-0.15, -0.1) is 0 Å². The van der Waals surface area contributed by atoms with Crippen LogP contribution in [0, 0.1) is 5.82 Å². The van der Waals surface area contributed by atoms with Crippen molar-refractivity contribution in [2.45, 2.75) is 5.92 Å². The van der Waals surface area contributed by atoms with Crippen LogP contribution in [0.3, 0.4) is 0 Å². The van der Waals surface area contributed by atoms with E-state index in [-0.39, 0.29) is 11.3 Å². The van der Waals surface area contributed by atoms with Crippen LogP contribution in [0.4, 0.5) is 24.8 Å². The van der Waals surface area contributed by atoms with Gasteiger partial charge in [0.1, 0.15) is 17.4 Å². The molecule has 0 aliphatic carbocycles. The number of H-pyrrole nitrogens is 1. The second-order valence-electron chi connectivity index (χ2n) is 5.94. The van der Waals surface area contributed by atoms with Crippen LogP contribution < -0.4 is 10.1 Å². The Labute approximate surface area is 157 Å². The number of benzene rings is 2. The van der Waals surface area contributed by atoms with Crippen LogP contribution in [0.1, 0.15) is 11.4 Å². The fourth-order valence-corrected chi connectivity index (χ4v) is 2.71. The molecule has 6 nitrogen and oxygen atoms in total. The summed E-state index contributed by atoms with van der Waals surface area (Å²) in [7, 11) is 1.47. The molecule has 0 amide bonds. The molecule has 0 bridgehead atoms. The van der Waals surface area contributed by atoms with Crippen LogP contribution in [0.2, 0.25) is 0 Å². The molecule has 2 aromatic heterocycles. The molecule has 2 aromatic carbocycles. The zero-order valence-electron chi connectivity index (χ0n) is 14.6. The molecule has 0 atom stereocenters. The van der Waals surface area contributed by atoms with Gasteiger partial charge in [-0.3, -0.25) is 5.10 Å². The molecule has 4 aromatic rings. The van der Waals surface area contributed by atoms with Gasteiger partial charge in [-0.1, -0.05) is 0 Å². The quantitative estimate of drug-likeness (QED) is 0.533. The van der Waals surface area contributed by atoms with Crippen LogP contribution in [0.25, 0.3) is 10.9 Å². The van der Waals surface area contributed by atoms with Gasteiger partial charge in [0, 0.05) is 29.3 Å². The summed E-state index contributed by atoms with van der Waals surface area (Å²) >= 11 is 0. The molecule has 0 unspecified atom stereocenters. The van der Waals surface area contributed by atoms with Gasteiger partial charge >= 0.3 is 5.92 Å². The molecule has 2 heterocycles. The van der Waals surface area contributed by atoms with Crippen molar-refractivity contribution < 1.29 is 17.9 Å². The molecule has 0 fully saturated rings. The highest BCUT2D eigenvalue weighted by Gasteiger charge is 2.38. The number of rotatable bonds is 5. The van der Waals surface area contributed by atoms with Gasteiger partial charge in [0.15, 0.2) is 5.82 Å². The summed E-state index contributed by atoms with van der Waals surface area (Å²) in [5.41, 5.74) is -0.147. The largest absolute Gasteiger partial charge is 0.497 e. The number of methoxy groups -OCH3 is 1. The van der Waals surface area contributed by atoms with Gasteiger partial charge in [0.2, 0.25) is 5.82 Å². The van der Waals surface area contributed by atoms with E-state index in [1.54, 1.807) is 24.4 Å². The van der Waals surface area contributed by atoms with Gasteiger partial charge in [0.05, 0.1) is 12.6 Å². The Morgan fingerprint density at radius 2 is 1.82 bits per heavy atom. The number of fused-ring (bicyclic) bond motifs is 1. The predicted octanol–water partition coefficient (Wildman–Crippen LogP) is 4.38. The van der Waals surface area contributed by atoms with Gasteiger partial charge in [-0.2, -0.15) is 13.9 Å². The highest BCUT2D eigenvalue weighted by Crippen LogP contribution is 2.36. The lowest BCUT2D eigenvalue weighted by Crippen LogP contribution is -2.20. The molecule has 0 aliphatic heterocycles. The Balaban J connectivity index is 1.88. The summed E-state index contributed by atoms with van der Waals surface area (Å²) in [6.45, 7) is 0. The van der Waals surface area contributed by atoms with E-state index in [9.17, 15) is 4.39 Å². The monoisotopic (exact) mass is 385 g/mol. The standard InChI is InChI=1S/C19H14F3N5O/c1-28-13-6-7-14-15(10-13)24-18(26-17(14)25-16-8-9-23-27-16)19(21,22)11-2-4-12(20)5-3-11/h2-10H,1H3,(H2,23,24,25,26,27). The van der Waals surface area contributed by atoms with Crippen molar-refractivity contribution in [3.63, 3.8) is 0 Å². The number of aromatic amines is 1. The minimum Gasteiger partial charge on any atom is -0.497 e. The normalized spacial score (nSPS) is 11.6. The Morgan fingerprint density at radius 1 is 1.04 bits per heavy atom. The van der Waals surface area contributed by atoms with Crippen molar-refractivity contribution in [1.29, 1.82) is 0 Å². The van der Waals surface area contributed by atoms with Crippen LogP contribution in [-0.2, 0) is 5.92 Å². The molecular formula is C19H14F3N5O. The second-order valence-corrected chi connectivity index (χ2v) is 5.94. The maximum absolute atomic E-state index is 15.1. The lowest BCUT2D eigenvalue weighted by Gasteiger charge is -2.17. The number of nitrogens with zero attached hydrogens (tertiary/aromatic N) is 3. The van der Waals surface area contributed by atoms with E-state index in [1.807, 2.05) is 0 Å². The first kappa shape index (κ1) is 17.8. The number of hydrogen-bond acceptors (Lipinski definition) is 5. The van der Waals surface area contributed by atoms with Crippen molar-refractivity contribution in [1.82, 2.24) is 20.2 Å². The molecular weight excluding hydrogens is 371 g/mol. The van der Waals surface area contributed by atoms with E-state index in [1.165, 1.54) is 13.2 Å². The topological polar surface area (TPSA) is 75.7 Å². The zero-order chi connectivity index (χ0) is 19.7. The lowest BCUT2D eigenvalue weighted by molar-refractivity contribution is 0.0333. The maximum atomic E-state index is 15.1. The summed E-state index contributed by atoms with van der Waals surface area (Å²) < 4.78 is 48.4. The second kappa shape index (κ2) is 6.84. The summed E-state index contributed by atoms with van der Waals surface area (Å²) in [4.78, 5) is 8.08. The first-order valence-corrected chi connectivity index (χ1v) is 8.24. The van der Waals surface area contributed by atoms with Gasteiger partial charge < -0.3 is 10.1 Å². The van der Waals surface area contributed by atoms with E-state index < -0.39 is 23.1 Å². The third kappa shape index (κ3) is 3.22. The zero-order valence-corrected chi connectivity index (χ0v) is 14.6. The molecule has 28 heavy (non-hydrogen) atoms. The maximum Gasteiger partial charge on any atom is 0.331 e. The Hall–Kier alpha value is -3.62. The van der Waals surface area contributed by atoms with E-state index in [4.69, 9.17) is 4.74 Å². The summed E-state index contributed by atoms with van der Waals surface area (Å²) in [5, 5.41) is 10.0. The summed E-state index contributed by atoms with van der Waals surface area (Å²) in [6, 6.07) is 10.5. The molecule has 0 saturated heterocycles. The van der Waals surface area contributed by atoms with E-state index in [2.05, 4.69) is 25.5 Å². The molecule has 0 saturated carbocycles. The molecule has 9 heteroatoms. The molecule has 0 radical (unpaired) electrons. The number of alkyl halides is 2. The molecule has 0 spiro atoms. The average molecular weight is 385 g/mol. The summed E-state index contributed by atoms with van der Waals surface area (Å²) in [6.07, 6.45) is 1.59. The van der Waals surface area contributed by atoms with Crippen molar-refractivity contribution >= 4 is 22.5 Å². The Morgan fingerprint density at radius 3 is 2.50 bits per heavy atom. The van der Waals surface area contributed by atoms with Gasteiger partial charge in [-0.25, -0.2) is 14.4 Å². The molecule has 2 N–H and O–H groups in total. The Bertz CT molecular complexity index is 1110. The molecule has 0 aliphatic rings. The lowest BCUT2D eigenvalue weighted by atomic mass is 10.1. The van der Waals surface area contributed by atoms with Crippen molar-refractivity contribution in [3.05, 3.63) is 71.9 Å². The fraction of sp³-hybridized carbons (Fsp3) is 0.105. The van der Waals surface area contributed by atoms with Crippen LogP contribution in [0.15, 0.2) is 54.7 Å². The Kier molecular flexibility index (Phi) is 4.34. The SMILES string of the molecule is COc1ccc2c(Nc3cc[nH]n3)nc(C(F)(F)c3ccc(F)cc3)nc2c1. The van der Waals surface area contributed by atoms with Gasteiger partial charge in [-0.05, 0) is 36.4 Å². The smallest absolute Gasteiger partial charge is 0.331 e. The fourth-order valence-electron chi connectivity index (χ4n) is 2.71. The van der Waals surface area contributed by atoms with Crippen molar-refractivity contribution in [2.75, 3.05) is 12.4 Å². The highest BCUT2D eigenvalue weighted by atomic mass is 19.3. The number of aromatic nitrogens is 4. The van der Waals surface area contributed by atoms with E-state index in [0.717, 1.165) is 24.3 Å².